The van der Waals surface area contributed by atoms with Crippen molar-refractivity contribution in [2.75, 3.05) is 39.1 Å². The quantitative estimate of drug-likeness (QED) is 0.637. The van der Waals surface area contributed by atoms with E-state index in [0.717, 1.165) is 63.4 Å². The molecule has 3 heterocycles. The van der Waals surface area contributed by atoms with Crippen molar-refractivity contribution in [2.45, 2.75) is 50.6 Å². The van der Waals surface area contributed by atoms with Crippen LogP contribution in [0.4, 0.5) is 14.6 Å². The summed E-state index contributed by atoms with van der Waals surface area (Å²) < 4.78 is 35.4. The number of ether oxygens (including phenoxy) is 2. The number of hydrogen-bond donors (Lipinski definition) is 1. The van der Waals surface area contributed by atoms with Crippen molar-refractivity contribution in [1.82, 2.24) is 19.9 Å². The van der Waals surface area contributed by atoms with E-state index in [1.165, 1.54) is 12.5 Å². The third kappa shape index (κ3) is 5.24. The second-order valence-corrected chi connectivity index (χ2v) is 9.68. The second-order valence-electron chi connectivity index (χ2n) is 9.68. The lowest BCUT2D eigenvalue weighted by atomic mass is 9.71. The summed E-state index contributed by atoms with van der Waals surface area (Å²) in [5.74, 6) is 2.75. The van der Waals surface area contributed by atoms with Crippen molar-refractivity contribution in [1.29, 1.82) is 0 Å². The molecule has 2 N–H and O–H groups in total. The van der Waals surface area contributed by atoms with Gasteiger partial charge in [-0.2, -0.15) is 8.78 Å². The molecular formula is C24H31F2N5O2. The number of halogens is 2. The number of aromatic nitrogens is 3. The van der Waals surface area contributed by atoms with Gasteiger partial charge in [0.15, 0.2) is 11.6 Å². The fourth-order valence-electron chi connectivity index (χ4n) is 5.46. The molecule has 178 valence electrons. The number of hydrogen-bond acceptors (Lipinski definition) is 7. The summed E-state index contributed by atoms with van der Waals surface area (Å²) in [6.45, 7) is 1.03. The van der Waals surface area contributed by atoms with Crippen LogP contribution in [-0.4, -0.2) is 59.8 Å². The third-order valence-electron chi connectivity index (χ3n) is 7.06. The van der Waals surface area contributed by atoms with Gasteiger partial charge in [0.05, 0.1) is 12.3 Å². The summed E-state index contributed by atoms with van der Waals surface area (Å²) in [7, 11) is 1.75. The van der Waals surface area contributed by atoms with Crippen LogP contribution in [0, 0.1) is 11.8 Å². The van der Waals surface area contributed by atoms with Crippen molar-refractivity contribution in [3.63, 3.8) is 0 Å². The second kappa shape index (κ2) is 9.46. The normalized spacial score (nSPS) is 25.4. The van der Waals surface area contributed by atoms with E-state index < -0.39 is 6.61 Å². The van der Waals surface area contributed by atoms with Crippen molar-refractivity contribution in [3.8, 4) is 17.0 Å². The molecule has 2 saturated carbocycles. The van der Waals surface area contributed by atoms with E-state index >= 15 is 0 Å². The first-order valence-electron chi connectivity index (χ1n) is 11.8. The fourth-order valence-corrected chi connectivity index (χ4v) is 5.46. The van der Waals surface area contributed by atoms with Gasteiger partial charge in [-0.1, -0.05) is 0 Å². The van der Waals surface area contributed by atoms with E-state index in [2.05, 4.69) is 14.6 Å². The molecule has 0 spiro atoms. The van der Waals surface area contributed by atoms with Gasteiger partial charge in [0.25, 0.3) is 0 Å². The van der Waals surface area contributed by atoms with E-state index in [1.807, 2.05) is 6.07 Å². The van der Waals surface area contributed by atoms with Gasteiger partial charge in [0, 0.05) is 56.0 Å². The average molecular weight is 460 g/mol. The zero-order valence-electron chi connectivity index (χ0n) is 18.9. The minimum atomic E-state index is -2.96. The standard InChI is InChI=1S/C24H31F2N5O2/c1-32-5-4-31-12-14-6-15(13-31)8-17(7-14)19-10-20(30-23(29-19)16-2-3-16)18-9-21(33-24(25)26)22(27)28-11-18/h9-11,14-17,24H,2-8,12-13H2,1H3,(H2,27,28). The third-order valence-corrected chi connectivity index (χ3v) is 7.06. The topological polar surface area (TPSA) is 86.4 Å². The SMILES string of the molecule is COCCN1CC2CC(CC(c3cc(-c4cnc(N)c(OC(F)F)c4)nc(C4CC4)n3)C2)C1. The van der Waals surface area contributed by atoms with E-state index in [4.69, 9.17) is 20.4 Å². The van der Waals surface area contributed by atoms with Gasteiger partial charge >= 0.3 is 6.61 Å². The largest absolute Gasteiger partial charge is 0.431 e. The molecule has 0 aromatic carbocycles. The van der Waals surface area contributed by atoms with Gasteiger partial charge in [-0.3, -0.25) is 0 Å². The minimum absolute atomic E-state index is 0.0612. The number of methoxy groups -OCH3 is 1. The number of alkyl halides is 2. The van der Waals surface area contributed by atoms with Crippen molar-refractivity contribution >= 4 is 5.82 Å². The molecule has 0 amide bonds. The lowest BCUT2D eigenvalue weighted by molar-refractivity contribution is -0.0494. The van der Waals surface area contributed by atoms with Crippen LogP contribution in [0.5, 0.6) is 5.75 Å². The van der Waals surface area contributed by atoms with Crippen LogP contribution in [0.1, 0.15) is 55.5 Å². The molecule has 5 rings (SSSR count). The highest BCUT2D eigenvalue weighted by Gasteiger charge is 2.37. The lowest BCUT2D eigenvalue weighted by Gasteiger charge is -2.44. The summed E-state index contributed by atoms with van der Waals surface area (Å²) >= 11 is 0. The van der Waals surface area contributed by atoms with Crippen LogP contribution in [0.15, 0.2) is 18.3 Å². The number of nitrogens with zero attached hydrogens (tertiary/aromatic N) is 4. The Morgan fingerprint density at radius 1 is 1.09 bits per heavy atom. The first-order chi connectivity index (χ1) is 16.0. The van der Waals surface area contributed by atoms with Crippen LogP contribution >= 0.6 is 0 Å². The number of rotatable bonds is 8. The molecule has 3 fully saturated rings. The van der Waals surface area contributed by atoms with Crippen molar-refractivity contribution < 1.29 is 18.3 Å². The van der Waals surface area contributed by atoms with Gasteiger partial charge < -0.3 is 20.1 Å². The number of nitrogen functional groups attached to an aromatic ring is 1. The van der Waals surface area contributed by atoms with Crippen molar-refractivity contribution in [2.24, 2.45) is 11.8 Å². The summed E-state index contributed by atoms with van der Waals surface area (Å²) in [6.07, 6.45) is 7.25. The molecule has 2 aromatic rings. The predicted octanol–water partition coefficient (Wildman–Crippen LogP) is 4.06. The average Bonchev–Trinajstić information content (AvgIpc) is 3.63. The molecule has 2 unspecified atom stereocenters. The summed E-state index contributed by atoms with van der Waals surface area (Å²) in [6, 6.07) is 3.51. The molecule has 2 atom stereocenters. The van der Waals surface area contributed by atoms with E-state index in [1.54, 1.807) is 13.3 Å². The fraction of sp³-hybridized carbons (Fsp3) is 0.625. The Balaban J connectivity index is 1.41. The number of nitrogens with two attached hydrogens (primary N) is 1. The lowest BCUT2D eigenvalue weighted by Crippen LogP contribution is -2.45. The number of fused-ring (bicyclic) bond motifs is 2. The van der Waals surface area contributed by atoms with E-state index in [9.17, 15) is 8.78 Å². The molecule has 1 saturated heterocycles. The summed E-state index contributed by atoms with van der Waals surface area (Å²) in [4.78, 5) is 16.4. The molecule has 2 aliphatic carbocycles. The highest BCUT2D eigenvalue weighted by Crippen LogP contribution is 2.44. The van der Waals surface area contributed by atoms with Crippen LogP contribution in [0.25, 0.3) is 11.3 Å². The smallest absolute Gasteiger partial charge is 0.387 e. The molecule has 33 heavy (non-hydrogen) atoms. The highest BCUT2D eigenvalue weighted by atomic mass is 19.3. The number of likely N-dealkylation sites (tertiary alicyclic amines) is 1. The van der Waals surface area contributed by atoms with E-state index in [0.29, 0.717) is 34.9 Å². The Morgan fingerprint density at radius 3 is 2.52 bits per heavy atom. The molecule has 7 nitrogen and oxygen atoms in total. The van der Waals surface area contributed by atoms with E-state index in [-0.39, 0.29) is 11.6 Å². The zero-order valence-corrected chi connectivity index (χ0v) is 18.9. The van der Waals surface area contributed by atoms with Crippen molar-refractivity contribution in [3.05, 3.63) is 29.8 Å². The molecule has 2 aromatic heterocycles. The highest BCUT2D eigenvalue weighted by molar-refractivity contribution is 5.64. The molecule has 3 aliphatic rings. The van der Waals surface area contributed by atoms with Gasteiger partial charge in [0.1, 0.15) is 5.82 Å². The number of anilines is 1. The minimum Gasteiger partial charge on any atom is -0.431 e. The summed E-state index contributed by atoms with van der Waals surface area (Å²) in [5.41, 5.74) is 8.11. The van der Waals surface area contributed by atoms with Crippen LogP contribution in [0.2, 0.25) is 0 Å². The van der Waals surface area contributed by atoms with Crippen LogP contribution < -0.4 is 10.5 Å². The Morgan fingerprint density at radius 2 is 1.85 bits per heavy atom. The maximum Gasteiger partial charge on any atom is 0.387 e. The summed E-state index contributed by atoms with van der Waals surface area (Å²) in [5, 5.41) is 0. The Bertz CT molecular complexity index is 973. The Kier molecular flexibility index (Phi) is 6.42. The Labute approximate surface area is 192 Å². The number of piperidine rings is 1. The maximum absolute atomic E-state index is 12.8. The first kappa shape index (κ1) is 22.4. The molecule has 9 heteroatoms. The zero-order chi connectivity index (χ0) is 22.9. The van der Waals surface area contributed by atoms with Gasteiger partial charge in [-0.15, -0.1) is 0 Å². The van der Waals surface area contributed by atoms with Gasteiger partial charge in [-0.05, 0) is 56.1 Å². The molecular weight excluding hydrogens is 428 g/mol. The van der Waals surface area contributed by atoms with Gasteiger partial charge in [0.2, 0.25) is 0 Å². The maximum atomic E-state index is 12.8. The van der Waals surface area contributed by atoms with Crippen LogP contribution in [-0.2, 0) is 4.74 Å². The predicted molar refractivity (Wildman–Crippen MR) is 120 cm³/mol. The molecule has 2 bridgehead atoms. The van der Waals surface area contributed by atoms with Gasteiger partial charge in [-0.25, -0.2) is 15.0 Å². The first-order valence-corrected chi connectivity index (χ1v) is 11.8. The Hall–Kier alpha value is -2.39. The monoisotopic (exact) mass is 459 g/mol. The molecule has 0 radical (unpaired) electrons. The number of pyridine rings is 1. The van der Waals surface area contributed by atoms with Crippen LogP contribution in [0.3, 0.4) is 0 Å². The molecule has 1 aliphatic heterocycles.